The van der Waals surface area contributed by atoms with Crippen LogP contribution in [0.15, 0.2) is 24.3 Å². The molecular formula is C17H17N3O2. The van der Waals surface area contributed by atoms with E-state index >= 15 is 0 Å². The third kappa shape index (κ3) is 2.44. The van der Waals surface area contributed by atoms with Crippen LogP contribution in [0.3, 0.4) is 0 Å². The van der Waals surface area contributed by atoms with Gasteiger partial charge in [-0.15, -0.1) is 0 Å². The first-order valence-electron chi connectivity index (χ1n) is 7.20. The number of nitrogens with zero attached hydrogens (tertiary/aromatic N) is 2. The minimum Gasteiger partial charge on any atom is -0.486 e. The van der Waals surface area contributed by atoms with E-state index in [-0.39, 0.29) is 11.7 Å². The second-order valence-electron chi connectivity index (χ2n) is 5.48. The molecule has 0 saturated heterocycles. The predicted molar refractivity (Wildman–Crippen MR) is 83.9 cm³/mol. The summed E-state index contributed by atoms with van der Waals surface area (Å²) in [5.41, 5.74) is 8.85. The Morgan fingerprint density at radius 3 is 2.59 bits per heavy atom. The molecule has 0 aliphatic carbocycles. The van der Waals surface area contributed by atoms with Crippen LogP contribution in [-0.4, -0.2) is 18.2 Å². The van der Waals surface area contributed by atoms with Gasteiger partial charge >= 0.3 is 0 Å². The van der Waals surface area contributed by atoms with Crippen LogP contribution in [0, 0.1) is 11.3 Å². The maximum atomic E-state index is 9.40. The standard InChI is InChI=1S/C17H17N3O2/c1-10(2)14-8-12(13(9-18)17(19)20-14)11-3-4-15-16(7-11)22-6-5-21-15/h3-4,7-8,10H,5-6H2,1-2H3,(H2,19,20). The third-order valence-corrected chi connectivity index (χ3v) is 3.62. The molecule has 0 amide bonds. The summed E-state index contributed by atoms with van der Waals surface area (Å²) in [6.07, 6.45) is 0. The molecule has 5 nitrogen and oxygen atoms in total. The van der Waals surface area contributed by atoms with Crippen LogP contribution in [0.1, 0.15) is 31.0 Å². The van der Waals surface area contributed by atoms with E-state index in [1.165, 1.54) is 0 Å². The Labute approximate surface area is 129 Å². The minimum atomic E-state index is 0.228. The first-order chi connectivity index (χ1) is 10.6. The molecule has 1 aliphatic heterocycles. The Bertz CT molecular complexity index is 763. The topological polar surface area (TPSA) is 81.2 Å². The van der Waals surface area contributed by atoms with E-state index < -0.39 is 0 Å². The van der Waals surface area contributed by atoms with Crippen LogP contribution >= 0.6 is 0 Å². The SMILES string of the molecule is CC(C)c1cc(-c2ccc3c(c2)OCCO3)c(C#N)c(N)n1. The Morgan fingerprint density at radius 1 is 1.18 bits per heavy atom. The molecule has 0 unspecified atom stereocenters. The summed E-state index contributed by atoms with van der Waals surface area (Å²) in [6, 6.07) is 9.72. The van der Waals surface area contributed by atoms with Gasteiger partial charge in [-0.1, -0.05) is 19.9 Å². The molecule has 0 fully saturated rings. The predicted octanol–water partition coefficient (Wildman–Crippen LogP) is 3.10. The molecule has 0 radical (unpaired) electrons. The van der Waals surface area contributed by atoms with Crippen molar-refractivity contribution in [2.45, 2.75) is 19.8 Å². The number of aromatic nitrogens is 1. The number of benzene rings is 1. The first kappa shape index (κ1) is 14.2. The molecule has 1 aromatic heterocycles. The molecule has 0 atom stereocenters. The van der Waals surface area contributed by atoms with Crippen LogP contribution in [0.4, 0.5) is 5.82 Å². The number of hydrogen-bond acceptors (Lipinski definition) is 5. The zero-order chi connectivity index (χ0) is 15.7. The molecule has 3 rings (SSSR count). The lowest BCUT2D eigenvalue weighted by Crippen LogP contribution is -2.15. The van der Waals surface area contributed by atoms with Gasteiger partial charge in [0.2, 0.25) is 0 Å². The van der Waals surface area contributed by atoms with Crippen molar-refractivity contribution >= 4 is 5.82 Å². The fourth-order valence-corrected chi connectivity index (χ4v) is 2.44. The summed E-state index contributed by atoms with van der Waals surface area (Å²) in [5, 5.41) is 9.40. The lowest BCUT2D eigenvalue weighted by molar-refractivity contribution is 0.171. The molecular weight excluding hydrogens is 278 g/mol. The highest BCUT2D eigenvalue weighted by Gasteiger charge is 2.17. The minimum absolute atomic E-state index is 0.228. The summed E-state index contributed by atoms with van der Waals surface area (Å²) in [4.78, 5) is 4.32. The fourth-order valence-electron chi connectivity index (χ4n) is 2.44. The van der Waals surface area contributed by atoms with E-state index in [1.807, 2.05) is 38.1 Å². The quantitative estimate of drug-likeness (QED) is 0.920. The molecule has 0 saturated carbocycles. The highest BCUT2D eigenvalue weighted by molar-refractivity contribution is 5.77. The molecule has 2 aromatic rings. The van der Waals surface area contributed by atoms with Crippen molar-refractivity contribution in [3.63, 3.8) is 0 Å². The number of nitrogen functional groups attached to an aromatic ring is 1. The van der Waals surface area contributed by atoms with Gasteiger partial charge in [-0.2, -0.15) is 5.26 Å². The van der Waals surface area contributed by atoms with Crippen molar-refractivity contribution < 1.29 is 9.47 Å². The van der Waals surface area contributed by atoms with Gasteiger partial charge in [-0.05, 0) is 29.7 Å². The van der Waals surface area contributed by atoms with Crippen molar-refractivity contribution in [1.82, 2.24) is 4.98 Å². The number of rotatable bonds is 2. The maximum Gasteiger partial charge on any atom is 0.161 e. The molecule has 0 bridgehead atoms. The van der Waals surface area contributed by atoms with Crippen molar-refractivity contribution in [2.75, 3.05) is 18.9 Å². The largest absolute Gasteiger partial charge is 0.486 e. The lowest BCUT2D eigenvalue weighted by Gasteiger charge is -2.19. The van der Waals surface area contributed by atoms with E-state index in [9.17, 15) is 5.26 Å². The summed E-state index contributed by atoms with van der Waals surface area (Å²) in [5.74, 6) is 1.90. The smallest absolute Gasteiger partial charge is 0.161 e. The normalized spacial score (nSPS) is 13.0. The van der Waals surface area contributed by atoms with Crippen molar-refractivity contribution in [3.8, 4) is 28.7 Å². The number of ether oxygens (including phenoxy) is 2. The molecule has 1 aliphatic rings. The number of nitriles is 1. The molecule has 22 heavy (non-hydrogen) atoms. The van der Waals surface area contributed by atoms with Crippen LogP contribution in [0.2, 0.25) is 0 Å². The molecule has 112 valence electrons. The summed E-state index contributed by atoms with van der Waals surface area (Å²) in [6.45, 7) is 5.16. The average Bonchev–Trinajstić information content (AvgIpc) is 2.53. The van der Waals surface area contributed by atoms with Crippen LogP contribution in [-0.2, 0) is 0 Å². The van der Waals surface area contributed by atoms with Gasteiger partial charge in [-0.25, -0.2) is 4.98 Å². The van der Waals surface area contributed by atoms with E-state index in [1.54, 1.807) is 0 Å². The van der Waals surface area contributed by atoms with E-state index in [0.717, 1.165) is 22.6 Å². The van der Waals surface area contributed by atoms with Crippen molar-refractivity contribution in [2.24, 2.45) is 0 Å². The van der Waals surface area contributed by atoms with Crippen molar-refractivity contribution in [3.05, 3.63) is 35.5 Å². The van der Waals surface area contributed by atoms with Crippen molar-refractivity contribution in [1.29, 1.82) is 5.26 Å². The van der Waals surface area contributed by atoms with Gasteiger partial charge in [0.25, 0.3) is 0 Å². The van der Waals surface area contributed by atoms with Gasteiger partial charge in [0.15, 0.2) is 11.5 Å². The number of nitrogens with two attached hydrogens (primary N) is 1. The Morgan fingerprint density at radius 2 is 1.91 bits per heavy atom. The third-order valence-electron chi connectivity index (χ3n) is 3.62. The Kier molecular flexibility index (Phi) is 3.60. The summed E-state index contributed by atoms with van der Waals surface area (Å²) in [7, 11) is 0. The van der Waals surface area contributed by atoms with Gasteiger partial charge < -0.3 is 15.2 Å². The molecule has 0 spiro atoms. The molecule has 2 N–H and O–H groups in total. The van der Waals surface area contributed by atoms with Gasteiger partial charge in [0, 0.05) is 11.3 Å². The summed E-state index contributed by atoms with van der Waals surface area (Å²) >= 11 is 0. The van der Waals surface area contributed by atoms with Gasteiger partial charge in [-0.3, -0.25) is 0 Å². The first-order valence-corrected chi connectivity index (χ1v) is 7.20. The van der Waals surface area contributed by atoms with Crippen LogP contribution in [0.5, 0.6) is 11.5 Å². The highest BCUT2D eigenvalue weighted by atomic mass is 16.6. The second kappa shape index (κ2) is 5.57. The Balaban J connectivity index is 2.16. The zero-order valence-corrected chi connectivity index (χ0v) is 12.6. The number of anilines is 1. The van der Waals surface area contributed by atoms with Crippen LogP contribution in [0.25, 0.3) is 11.1 Å². The average molecular weight is 295 g/mol. The number of fused-ring (bicyclic) bond motifs is 1. The fraction of sp³-hybridized carbons (Fsp3) is 0.294. The summed E-state index contributed by atoms with van der Waals surface area (Å²) < 4.78 is 11.1. The number of hydrogen-bond donors (Lipinski definition) is 1. The lowest BCUT2D eigenvalue weighted by atomic mass is 9.97. The van der Waals surface area contributed by atoms with Gasteiger partial charge in [0.1, 0.15) is 30.7 Å². The Hall–Kier alpha value is -2.74. The van der Waals surface area contributed by atoms with Gasteiger partial charge in [0.05, 0.1) is 0 Å². The molecule has 5 heteroatoms. The number of pyridine rings is 1. The second-order valence-corrected chi connectivity index (χ2v) is 5.48. The van der Waals surface area contributed by atoms with Crippen LogP contribution < -0.4 is 15.2 Å². The molecule has 1 aromatic carbocycles. The monoisotopic (exact) mass is 295 g/mol. The van der Waals surface area contributed by atoms with E-state index in [0.29, 0.717) is 24.5 Å². The zero-order valence-electron chi connectivity index (χ0n) is 12.6. The van der Waals surface area contributed by atoms with E-state index in [2.05, 4.69) is 11.1 Å². The molecule has 2 heterocycles. The maximum absolute atomic E-state index is 9.40. The van der Waals surface area contributed by atoms with E-state index in [4.69, 9.17) is 15.2 Å². The highest BCUT2D eigenvalue weighted by Crippen LogP contribution is 2.37.